The molecule has 174 valence electrons. The second kappa shape index (κ2) is 10.5. The Bertz CT molecular complexity index is 1010. The third-order valence-corrected chi connectivity index (χ3v) is 9.39. The fourth-order valence-electron chi connectivity index (χ4n) is 3.60. The molecule has 0 unspecified atom stereocenters. The van der Waals surface area contributed by atoms with Gasteiger partial charge in [0.15, 0.2) is 4.34 Å². The molecule has 2 saturated heterocycles. The smallest absolute Gasteiger partial charge is 0.243 e. The highest BCUT2D eigenvalue weighted by atomic mass is 32.2. The second-order valence-corrected chi connectivity index (χ2v) is 11.9. The maximum Gasteiger partial charge on any atom is 0.243 e. The van der Waals surface area contributed by atoms with Gasteiger partial charge in [-0.25, -0.2) is 8.42 Å². The van der Waals surface area contributed by atoms with Crippen molar-refractivity contribution >= 4 is 44.2 Å². The Hall–Kier alpha value is -1.73. The molecule has 0 saturated carbocycles. The molecule has 0 radical (unpaired) electrons. The molecule has 1 aromatic heterocycles. The van der Waals surface area contributed by atoms with Gasteiger partial charge in [-0.2, -0.15) is 4.31 Å². The van der Waals surface area contributed by atoms with E-state index in [-0.39, 0.29) is 17.8 Å². The van der Waals surface area contributed by atoms with Crippen LogP contribution in [0.3, 0.4) is 0 Å². The Balaban J connectivity index is 1.22. The lowest BCUT2D eigenvalue weighted by atomic mass is 10.2. The van der Waals surface area contributed by atoms with Crippen molar-refractivity contribution in [2.24, 2.45) is 0 Å². The minimum atomic E-state index is -3.53. The number of aryl methyl sites for hydroxylation is 1. The van der Waals surface area contributed by atoms with E-state index in [1.807, 2.05) is 6.92 Å². The van der Waals surface area contributed by atoms with Crippen LogP contribution in [0.25, 0.3) is 0 Å². The van der Waals surface area contributed by atoms with Crippen molar-refractivity contribution < 1.29 is 17.9 Å². The normalized spacial score (nSPS) is 19.9. The number of carbonyl (C=O) groups excluding carboxylic acids is 1. The summed E-state index contributed by atoms with van der Waals surface area (Å²) in [7, 11) is -3.53. The first-order valence-corrected chi connectivity index (χ1v) is 13.8. The summed E-state index contributed by atoms with van der Waals surface area (Å²) in [6.45, 7) is 4.81. The second-order valence-electron chi connectivity index (χ2n) is 7.78. The third-order valence-electron chi connectivity index (χ3n) is 5.48. The van der Waals surface area contributed by atoms with Crippen molar-refractivity contribution in [1.29, 1.82) is 0 Å². The third kappa shape index (κ3) is 5.79. The lowest BCUT2D eigenvalue weighted by molar-refractivity contribution is -0.129. The number of amides is 1. The molecule has 4 rings (SSSR count). The molecule has 1 atom stereocenters. The zero-order valence-electron chi connectivity index (χ0n) is 17.9. The van der Waals surface area contributed by atoms with Gasteiger partial charge >= 0.3 is 0 Å². The van der Waals surface area contributed by atoms with Crippen LogP contribution < -0.4 is 5.32 Å². The van der Waals surface area contributed by atoms with Crippen LogP contribution in [-0.4, -0.2) is 84.9 Å². The monoisotopic (exact) mass is 497 g/mol. The molecule has 2 fully saturated rings. The van der Waals surface area contributed by atoms with E-state index in [0.717, 1.165) is 34.5 Å². The van der Waals surface area contributed by atoms with Gasteiger partial charge in [0.25, 0.3) is 0 Å². The van der Waals surface area contributed by atoms with Gasteiger partial charge in [-0.3, -0.25) is 4.79 Å². The highest BCUT2D eigenvalue weighted by molar-refractivity contribution is 8.01. The molecule has 2 aliphatic heterocycles. The Labute approximate surface area is 196 Å². The minimum absolute atomic E-state index is 0.0218. The number of nitrogens with one attached hydrogen (secondary N) is 1. The average molecular weight is 498 g/mol. The summed E-state index contributed by atoms with van der Waals surface area (Å²) in [4.78, 5) is 14.6. The summed E-state index contributed by atoms with van der Waals surface area (Å²) in [6.07, 6.45) is 2.38. The summed E-state index contributed by atoms with van der Waals surface area (Å²) >= 11 is 2.78. The molecular weight excluding hydrogens is 470 g/mol. The molecule has 1 N–H and O–H groups in total. The summed E-state index contributed by atoms with van der Waals surface area (Å²) < 4.78 is 33.4. The predicted octanol–water partition coefficient (Wildman–Crippen LogP) is 2.06. The Kier molecular flexibility index (Phi) is 7.66. The zero-order valence-corrected chi connectivity index (χ0v) is 20.3. The van der Waals surface area contributed by atoms with E-state index in [4.69, 9.17) is 4.74 Å². The minimum Gasteiger partial charge on any atom is -0.376 e. The van der Waals surface area contributed by atoms with E-state index >= 15 is 0 Å². The quantitative estimate of drug-likeness (QED) is 0.553. The molecule has 2 aromatic rings. The summed E-state index contributed by atoms with van der Waals surface area (Å²) in [5, 5.41) is 12.2. The van der Waals surface area contributed by atoms with Gasteiger partial charge in [-0.1, -0.05) is 40.8 Å². The molecule has 0 spiro atoms. The van der Waals surface area contributed by atoms with Crippen molar-refractivity contribution in [3.63, 3.8) is 0 Å². The standard InChI is InChI=1S/C20H27N5O4S3/c1-15-4-6-17(7-5-15)32(27,28)25-10-8-24(9-11-25)18(26)14-30-20-23-22-19(31-20)21-13-16-3-2-12-29-16/h4-7,16H,2-3,8-14H2,1H3,(H,21,22)/t16-/m0/s1. The first-order chi connectivity index (χ1) is 15.4. The van der Waals surface area contributed by atoms with E-state index < -0.39 is 10.0 Å². The lowest BCUT2D eigenvalue weighted by Crippen LogP contribution is -2.50. The number of nitrogens with zero attached hydrogens (tertiary/aromatic N) is 4. The SMILES string of the molecule is Cc1ccc(S(=O)(=O)N2CCN(C(=O)CSc3nnc(NC[C@@H]4CCCO4)s3)CC2)cc1. The van der Waals surface area contributed by atoms with Gasteiger partial charge in [0.2, 0.25) is 21.1 Å². The average Bonchev–Trinajstić information content (AvgIpc) is 3.48. The first-order valence-electron chi connectivity index (χ1n) is 10.6. The van der Waals surface area contributed by atoms with E-state index in [1.165, 1.54) is 27.4 Å². The largest absolute Gasteiger partial charge is 0.376 e. The molecule has 12 heteroatoms. The van der Waals surface area contributed by atoms with Crippen LogP contribution in [0.15, 0.2) is 33.5 Å². The van der Waals surface area contributed by atoms with Crippen LogP contribution in [-0.2, 0) is 19.6 Å². The highest BCUT2D eigenvalue weighted by Crippen LogP contribution is 2.26. The predicted molar refractivity (Wildman–Crippen MR) is 125 cm³/mol. The maximum atomic E-state index is 12.8. The van der Waals surface area contributed by atoms with Crippen molar-refractivity contribution in [2.75, 3.05) is 50.4 Å². The van der Waals surface area contributed by atoms with E-state index in [1.54, 1.807) is 29.2 Å². The summed E-state index contributed by atoms with van der Waals surface area (Å²) in [5.41, 5.74) is 1.01. The number of hydrogen-bond acceptors (Lipinski definition) is 9. The molecule has 9 nitrogen and oxygen atoms in total. The number of aromatic nitrogens is 2. The van der Waals surface area contributed by atoms with Crippen LogP contribution in [0.1, 0.15) is 18.4 Å². The number of thioether (sulfide) groups is 1. The van der Waals surface area contributed by atoms with Gasteiger partial charge in [-0.05, 0) is 31.9 Å². The zero-order chi connectivity index (χ0) is 22.6. The van der Waals surface area contributed by atoms with Gasteiger partial charge in [0.1, 0.15) is 0 Å². The Morgan fingerprint density at radius 1 is 1.22 bits per heavy atom. The number of carbonyl (C=O) groups is 1. The Morgan fingerprint density at radius 2 is 1.97 bits per heavy atom. The Morgan fingerprint density at radius 3 is 2.66 bits per heavy atom. The van der Waals surface area contributed by atoms with Crippen LogP contribution in [0.2, 0.25) is 0 Å². The van der Waals surface area contributed by atoms with Crippen LogP contribution in [0, 0.1) is 6.92 Å². The molecule has 2 aliphatic rings. The van der Waals surface area contributed by atoms with E-state index in [2.05, 4.69) is 15.5 Å². The molecule has 1 aromatic carbocycles. The van der Waals surface area contributed by atoms with Gasteiger partial charge in [0.05, 0.1) is 16.8 Å². The molecule has 0 bridgehead atoms. The molecule has 3 heterocycles. The number of rotatable bonds is 8. The fourth-order valence-corrected chi connectivity index (χ4v) is 6.68. The van der Waals surface area contributed by atoms with Crippen molar-refractivity contribution in [1.82, 2.24) is 19.4 Å². The first kappa shape index (κ1) is 23.4. The lowest BCUT2D eigenvalue weighted by Gasteiger charge is -2.34. The van der Waals surface area contributed by atoms with Crippen LogP contribution in [0.4, 0.5) is 5.13 Å². The molecule has 32 heavy (non-hydrogen) atoms. The van der Waals surface area contributed by atoms with Gasteiger partial charge in [-0.15, -0.1) is 10.2 Å². The van der Waals surface area contributed by atoms with E-state index in [9.17, 15) is 13.2 Å². The van der Waals surface area contributed by atoms with Gasteiger partial charge < -0.3 is 15.0 Å². The number of piperazine rings is 1. The molecule has 0 aliphatic carbocycles. The maximum absolute atomic E-state index is 12.8. The molecular formula is C20H27N5O4S3. The van der Waals surface area contributed by atoms with Crippen molar-refractivity contribution in [3.05, 3.63) is 29.8 Å². The number of benzene rings is 1. The highest BCUT2D eigenvalue weighted by Gasteiger charge is 2.30. The number of anilines is 1. The number of ether oxygens (including phenoxy) is 1. The van der Waals surface area contributed by atoms with Gasteiger partial charge in [0, 0.05) is 39.3 Å². The van der Waals surface area contributed by atoms with Crippen molar-refractivity contribution in [3.8, 4) is 0 Å². The van der Waals surface area contributed by atoms with Crippen molar-refractivity contribution in [2.45, 2.75) is 35.1 Å². The number of sulfonamides is 1. The summed E-state index contributed by atoms with van der Waals surface area (Å²) in [6, 6.07) is 6.84. The van der Waals surface area contributed by atoms with Crippen LogP contribution in [0.5, 0.6) is 0 Å². The summed E-state index contributed by atoms with van der Waals surface area (Å²) in [5.74, 6) is 0.233. The van der Waals surface area contributed by atoms with Crippen LogP contribution >= 0.6 is 23.1 Å². The fraction of sp³-hybridized carbons (Fsp3) is 0.550. The number of hydrogen-bond donors (Lipinski definition) is 1. The molecule has 1 amide bonds. The topological polar surface area (TPSA) is 105 Å². The van der Waals surface area contributed by atoms with E-state index in [0.29, 0.717) is 37.6 Å².